The molecule has 0 bridgehead atoms. The summed E-state index contributed by atoms with van der Waals surface area (Å²) < 4.78 is 21.5. The highest BCUT2D eigenvalue weighted by atomic mass is 16.7. The van der Waals surface area contributed by atoms with Crippen molar-refractivity contribution in [2.24, 2.45) is 0 Å². The van der Waals surface area contributed by atoms with Gasteiger partial charge < -0.3 is 49.8 Å². The van der Waals surface area contributed by atoms with Crippen molar-refractivity contribution in [3.63, 3.8) is 0 Å². The van der Waals surface area contributed by atoms with Crippen LogP contribution in [0.25, 0.3) is 0 Å². The van der Waals surface area contributed by atoms with E-state index in [2.05, 4.69) is 5.32 Å². The fourth-order valence-corrected chi connectivity index (χ4v) is 4.34. The highest BCUT2D eigenvalue weighted by Gasteiger charge is 2.45. The topological polar surface area (TPSA) is 167 Å². The first kappa shape index (κ1) is 29.1. The van der Waals surface area contributed by atoms with Gasteiger partial charge in [0.1, 0.15) is 53.0 Å². The number of amides is 1. The molecule has 1 amide bonds. The van der Waals surface area contributed by atoms with E-state index in [0.29, 0.717) is 17.1 Å². The fraction of sp³-hybridized carbons (Fsp3) is 0.345. The summed E-state index contributed by atoms with van der Waals surface area (Å²) in [6.45, 7) is -0.517. The molecule has 1 saturated heterocycles. The summed E-state index contributed by atoms with van der Waals surface area (Å²) in [5, 5.41) is 54.2. The average Bonchev–Trinajstić information content (AvgIpc) is 2.98. The molecule has 6 N–H and O–H groups in total. The molecule has 214 valence electrons. The van der Waals surface area contributed by atoms with Crippen LogP contribution in [0.5, 0.6) is 23.0 Å². The molecular formula is C29H33NO10. The zero-order chi connectivity index (χ0) is 28.8. The Hall–Kier alpha value is -3.87. The second kappa shape index (κ2) is 13.0. The molecule has 1 aliphatic heterocycles. The summed E-state index contributed by atoms with van der Waals surface area (Å²) in [7, 11) is 3.11. The maximum Gasteiger partial charge on any atom is 0.259 e. The fourth-order valence-electron chi connectivity index (χ4n) is 4.34. The Balaban J connectivity index is 1.63. The van der Waals surface area contributed by atoms with Crippen LogP contribution >= 0.6 is 0 Å². The Morgan fingerprint density at radius 3 is 2.02 bits per heavy atom. The number of hydrogen-bond donors (Lipinski definition) is 6. The normalized spacial score (nSPS) is 22.4. The smallest absolute Gasteiger partial charge is 0.259 e. The lowest BCUT2D eigenvalue weighted by Gasteiger charge is -2.39. The first-order chi connectivity index (χ1) is 19.2. The van der Waals surface area contributed by atoms with E-state index in [1.54, 1.807) is 56.7 Å². The zero-order valence-electron chi connectivity index (χ0n) is 22.1. The van der Waals surface area contributed by atoms with Crippen molar-refractivity contribution in [1.82, 2.24) is 5.32 Å². The van der Waals surface area contributed by atoms with Gasteiger partial charge in [-0.05, 0) is 47.0 Å². The molecule has 4 rings (SSSR count). The summed E-state index contributed by atoms with van der Waals surface area (Å²) in [4.78, 5) is 13.4. The molecule has 0 saturated carbocycles. The van der Waals surface area contributed by atoms with Crippen LogP contribution in [0, 0.1) is 0 Å². The minimum atomic E-state index is -1.70. The lowest BCUT2D eigenvalue weighted by Crippen LogP contribution is -2.60. The van der Waals surface area contributed by atoms with Crippen LogP contribution in [-0.4, -0.2) is 83.0 Å². The van der Waals surface area contributed by atoms with Crippen molar-refractivity contribution in [2.75, 3.05) is 20.8 Å². The molecule has 1 heterocycles. The monoisotopic (exact) mass is 555 g/mol. The number of carbonyl (C=O) groups excluding carboxylic acids is 1. The molecule has 0 aliphatic carbocycles. The van der Waals surface area contributed by atoms with Gasteiger partial charge in [-0.15, -0.1) is 0 Å². The second-order valence-electron chi connectivity index (χ2n) is 9.32. The molecule has 11 heteroatoms. The van der Waals surface area contributed by atoms with Crippen molar-refractivity contribution in [3.05, 3.63) is 82.9 Å². The van der Waals surface area contributed by atoms with Crippen molar-refractivity contribution in [3.8, 4) is 23.0 Å². The van der Waals surface area contributed by atoms with Crippen LogP contribution in [0.4, 0.5) is 0 Å². The summed E-state index contributed by atoms with van der Waals surface area (Å²) in [5.74, 6) is 0.200. The van der Waals surface area contributed by atoms with Gasteiger partial charge in [-0.3, -0.25) is 4.79 Å². The molecular weight excluding hydrogens is 522 g/mol. The van der Waals surface area contributed by atoms with Gasteiger partial charge in [-0.25, -0.2) is 0 Å². The number of phenols is 1. The molecule has 0 aromatic heterocycles. The highest BCUT2D eigenvalue weighted by Crippen LogP contribution is 2.35. The van der Waals surface area contributed by atoms with Gasteiger partial charge in [0.15, 0.2) is 0 Å². The van der Waals surface area contributed by atoms with Gasteiger partial charge in [0.05, 0.1) is 20.8 Å². The number of benzene rings is 3. The maximum absolute atomic E-state index is 13.4. The number of methoxy groups -OCH3 is 2. The van der Waals surface area contributed by atoms with Crippen molar-refractivity contribution in [1.29, 1.82) is 0 Å². The van der Waals surface area contributed by atoms with E-state index in [1.165, 1.54) is 6.07 Å². The Kier molecular flexibility index (Phi) is 9.46. The largest absolute Gasteiger partial charge is 0.507 e. The summed E-state index contributed by atoms with van der Waals surface area (Å²) >= 11 is 0. The van der Waals surface area contributed by atoms with Gasteiger partial charge in [0.25, 0.3) is 5.91 Å². The van der Waals surface area contributed by atoms with Crippen LogP contribution in [0.3, 0.4) is 0 Å². The Bertz CT molecular complexity index is 1280. The third-order valence-corrected chi connectivity index (χ3v) is 6.71. The maximum atomic E-state index is 13.4. The van der Waals surface area contributed by atoms with Gasteiger partial charge >= 0.3 is 0 Å². The first-order valence-electron chi connectivity index (χ1n) is 12.6. The summed E-state index contributed by atoms with van der Waals surface area (Å²) in [5.41, 5.74) is 1.85. The zero-order valence-corrected chi connectivity index (χ0v) is 22.1. The van der Waals surface area contributed by atoms with E-state index in [-0.39, 0.29) is 30.0 Å². The highest BCUT2D eigenvalue weighted by molar-refractivity contribution is 6.00. The Morgan fingerprint density at radius 1 is 0.850 bits per heavy atom. The van der Waals surface area contributed by atoms with Gasteiger partial charge in [0, 0.05) is 13.0 Å². The van der Waals surface area contributed by atoms with Gasteiger partial charge in [-0.2, -0.15) is 0 Å². The predicted octanol–water partition coefficient (Wildman–Crippen LogP) is 1.11. The molecule has 40 heavy (non-hydrogen) atoms. The second-order valence-corrected chi connectivity index (χ2v) is 9.32. The van der Waals surface area contributed by atoms with E-state index in [1.807, 2.05) is 12.1 Å². The number of rotatable bonds is 10. The van der Waals surface area contributed by atoms with E-state index >= 15 is 0 Å². The number of aliphatic hydroxyl groups excluding tert-OH is 4. The SMILES string of the molecule is COc1ccc(CNC(=O)c2c(O[C@@H]3O[C@H](CO)[C@@H](O)[C@H](O)[C@H]3O)ccc(Cc3ccc(OC)cc3)c2O)cc1. The number of aliphatic hydroxyl groups is 4. The van der Waals surface area contributed by atoms with E-state index in [0.717, 1.165) is 11.1 Å². The van der Waals surface area contributed by atoms with Gasteiger partial charge in [0.2, 0.25) is 6.29 Å². The summed E-state index contributed by atoms with van der Waals surface area (Å²) in [6, 6.07) is 17.3. The Labute approximate surface area is 231 Å². The third-order valence-electron chi connectivity index (χ3n) is 6.71. The molecule has 1 fully saturated rings. The van der Waals surface area contributed by atoms with Crippen LogP contribution in [0.2, 0.25) is 0 Å². The van der Waals surface area contributed by atoms with Crippen LogP contribution in [-0.2, 0) is 17.7 Å². The van der Waals surface area contributed by atoms with Crippen LogP contribution in [0.1, 0.15) is 27.0 Å². The third kappa shape index (κ3) is 6.46. The number of nitrogens with one attached hydrogen (secondary N) is 1. The molecule has 1 aliphatic rings. The number of aromatic hydroxyl groups is 1. The molecule has 0 radical (unpaired) electrons. The number of carbonyl (C=O) groups is 1. The predicted molar refractivity (Wildman–Crippen MR) is 142 cm³/mol. The minimum absolute atomic E-state index is 0.129. The average molecular weight is 556 g/mol. The molecule has 0 unspecified atom stereocenters. The molecule has 3 aromatic rings. The number of phenolic OH excluding ortho intramolecular Hbond substituents is 1. The Morgan fingerprint density at radius 2 is 1.45 bits per heavy atom. The number of ether oxygens (including phenoxy) is 4. The molecule has 11 nitrogen and oxygen atoms in total. The lowest BCUT2D eigenvalue weighted by atomic mass is 9.98. The summed E-state index contributed by atoms with van der Waals surface area (Å²) in [6.07, 6.45) is -7.42. The van der Waals surface area contributed by atoms with E-state index < -0.39 is 43.2 Å². The minimum Gasteiger partial charge on any atom is -0.507 e. The number of hydrogen-bond acceptors (Lipinski definition) is 10. The van der Waals surface area contributed by atoms with Gasteiger partial charge in [-0.1, -0.05) is 30.3 Å². The molecule has 0 spiro atoms. The first-order valence-corrected chi connectivity index (χ1v) is 12.6. The van der Waals surface area contributed by atoms with E-state index in [9.17, 15) is 30.3 Å². The van der Waals surface area contributed by atoms with Crippen molar-refractivity contribution >= 4 is 5.91 Å². The van der Waals surface area contributed by atoms with Crippen molar-refractivity contribution in [2.45, 2.75) is 43.7 Å². The van der Waals surface area contributed by atoms with Crippen molar-refractivity contribution < 1.29 is 49.3 Å². The van der Waals surface area contributed by atoms with Crippen LogP contribution in [0.15, 0.2) is 60.7 Å². The van der Waals surface area contributed by atoms with E-state index in [4.69, 9.17) is 18.9 Å². The molecule has 3 aromatic carbocycles. The molecule has 5 atom stereocenters. The quantitative estimate of drug-likeness (QED) is 0.213. The lowest BCUT2D eigenvalue weighted by molar-refractivity contribution is -0.277. The van der Waals surface area contributed by atoms with Crippen LogP contribution < -0.4 is 19.5 Å². The standard InChI is InChI=1S/C29H33NO10/c1-37-19-8-3-16(4-9-19)13-18-7-12-21(39-29-27(35)26(34)25(33)22(15-31)40-29)23(24(18)32)28(36)30-14-17-5-10-20(38-2)11-6-17/h3-12,22,25-27,29,31-35H,13-15H2,1-2H3,(H,30,36)/t22-,25-,26+,27-,29-/m1/s1.